The SMILES string of the molecule is CCCOc1ccccc1C1NNC(C)C1CNCC. The molecule has 1 saturated heterocycles. The van der Waals surface area contributed by atoms with Crippen molar-refractivity contribution < 1.29 is 4.74 Å². The number of benzene rings is 1. The van der Waals surface area contributed by atoms with Crippen molar-refractivity contribution in [2.24, 2.45) is 5.92 Å². The molecular formula is C16H27N3O. The molecule has 0 bridgehead atoms. The molecule has 3 N–H and O–H groups in total. The van der Waals surface area contributed by atoms with Gasteiger partial charge in [0.05, 0.1) is 12.6 Å². The first-order valence-electron chi connectivity index (χ1n) is 7.71. The molecule has 4 nitrogen and oxygen atoms in total. The largest absolute Gasteiger partial charge is 0.493 e. The molecule has 0 aromatic heterocycles. The number of hydrogen-bond donors (Lipinski definition) is 3. The van der Waals surface area contributed by atoms with Gasteiger partial charge in [0.1, 0.15) is 5.75 Å². The fourth-order valence-electron chi connectivity index (χ4n) is 2.72. The molecule has 3 unspecified atom stereocenters. The van der Waals surface area contributed by atoms with Crippen molar-refractivity contribution in [3.63, 3.8) is 0 Å². The zero-order chi connectivity index (χ0) is 14.4. The summed E-state index contributed by atoms with van der Waals surface area (Å²) in [4.78, 5) is 0. The number of para-hydroxylation sites is 1. The van der Waals surface area contributed by atoms with E-state index in [9.17, 15) is 0 Å². The van der Waals surface area contributed by atoms with Crippen LogP contribution in [0.1, 0.15) is 38.8 Å². The number of hydrogen-bond acceptors (Lipinski definition) is 4. The highest BCUT2D eigenvalue weighted by atomic mass is 16.5. The average Bonchev–Trinajstić information content (AvgIpc) is 2.84. The zero-order valence-corrected chi connectivity index (χ0v) is 12.8. The second-order valence-electron chi connectivity index (χ2n) is 5.41. The molecule has 0 saturated carbocycles. The maximum atomic E-state index is 5.90. The van der Waals surface area contributed by atoms with E-state index < -0.39 is 0 Å². The Bertz CT molecular complexity index is 410. The molecule has 1 aromatic carbocycles. The van der Waals surface area contributed by atoms with Crippen LogP contribution in [0.5, 0.6) is 5.75 Å². The normalized spacial score (nSPS) is 25.9. The Morgan fingerprint density at radius 3 is 2.75 bits per heavy atom. The third-order valence-corrected chi connectivity index (χ3v) is 3.88. The number of ether oxygens (including phenoxy) is 1. The summed E-state index contributed by atoms with van der Waals surface area (Å²) < 4.78 is 5.90. The first kappa shape index (κ1) is 15.3. The van der Waals surface area contributed by atoms with Crippen LogP contribution in [0.25, 0.3) is 0 Å². The summed E-state index contributed by atoms with van der Waals surface area (Å²) >= 11 is 0. The predicted octanol–water partition coefficient (Wildman–Crippen LogP) is 2.24. The minimum absolute atomic E-state index is 0.289. The maximum Gasteiger partial charge on any atom is 0.124 e. The van der Waals surface area contributed by atoms with Gasteiger partial charge in [0.2, 0.25) is 0 Å². The molecule has 0 spiro atoms. The van der Waals surface area contributed by atoms with Gasteiger partial charge in [-0.1, -0.05) is 32.0 Å². The Kier molecular flexibility index (Phi) is 5.83. The fourth-order valence-corrected chi connectivity index (χ4v) is 2.72. The predicted molar refractivity (Wildman–Crippen MR) is 82.7 cm³/mol. The maximum absolute atomic E-state index is 5.90. The second-order valence-corrected chi connectivity index (χ2v) is 5.41. The van der Waals surface area contributed by atoms with Gasteiger partial charge in [0, 0.05) is 24.1 Å². The molecule has 0 aliphatic carbocycles. The lowest BCUT2D eigenvalue weighted by Crippen LogP contribution is -2.32. The Labute approximate surface area is 122 Å². The third kappa shape index (κ3) is 3.51. The minimum atomic E-state index is 0.289. The fraction of sp³-hybridized carbons (Fsp3) is 0.625. The van der Waals surface area contributed by atoms with Crippen LogP contribution in [-0.4, -0.2) is 25.7 Å². The molecule has 1 heterocycles. The van der Waals surface area contributed by atoms with Crippen molar-refractivity contribution in [3.05, 3.63) is 29.8 Å². The highest BCUT2D eigenvalue weighted by molar-refractivity contribution is 5.37. The van der Waals surface area contributed by atoms with Crippen LogP contribution < -0.4 is 20.9 Å². The molecule has 20 heavy (non-hydrogen) atoms. The van der Waals surface area contributed by atoms with E-state index in [1.165, 1.54) is 5.56 Å². The molecule has 112 valence electrons. The van der Waals surface area contributed by atoms with E-state index in [4.69, 9.17) is 4.74 Å². The van der Waals surface area contributed by atoms with Gasteiger partial charge in [0.15, 0.2) is 0 Å². The first-order chi connectivity index (χ1) is 9.77. The van der Waals surface area contributed by atoms with E-state index >= 15 is 0 Å². The summed E-state index contributed by atoms with van der Waals surface area (Å²) in [5.41, 5.74) is 8.04. The van der Waals surface area contributed by atoms with Gasteiger partial charge in [-0.2, -0.15) is 0 Å². The lowest BCUT2D eigenvalue weighted by molar-refractivity contribution is 0.305. The first-order valence-corrected chi connectivity index (χ1v) is 7.71. The van der Waals surface area contributed by atoms with Crippen LogP contribution in [0.4, 0.5) is 0 Å². The van der Waals surface area contributed by atoms with Gasteiger partial charge < -0.3 is 10.1 Å². The Morgan fingerprint density at radius 1 is 1.20 bits per heavy atom. The quantitative estimate of drug-likeness (QED) is 0.715. The van der Waals surface area contributed by atoms with Gasteiger partial charge in [0.25, 0.3) is 0 Å². The van der Waals surface area contributed by atoms with Gasteiger partial charge >= 0.3 is 0 Å². The zero-order valence-electron chi connectivity index (χ0n) is 12.8. The highest BCUT2D eigenvalue weighted by Gasteiger charge is 2.34. The van der Waals surface area contributed by atoms with Gasteiger partial charge in [-0.15, -0.1) is 0 Å². The lowest BCUT2D eigenvalue weighted by atomic mass is 9.89. The van der Waals surface area contributed by atoms with Gasteiger partial charge in [-0.3, -0.25) is 5.43 Å². The van der Waals surface area contributed by atoms with E-state index in [1.807, 2.05) is 6.07 Å². The monoisotopic (exact) mass is 277 g/mol. The Hall–Kier alpha value is -1.10. The third-order valence-electron chi connectivity index (χ3n) is 3.88. The molecular weight excluding hydrogens is 250 g/mol. The molecule has 1 fully saturated rings. The number of hydrazine groups is 1. The molecule has 0 radical (unpaired) electrons. The molecule has 2 rings (SSSR count). The van der Waals surface area contributed by atoms with Crippen LogP contribution in [0.15, 0.2) is 24.3 Å². The van der Waals surface area contributed by atoms with Crippen LogP contribution in [0.2, 0.25) is 0 Å². The summed E-state index contributed by atoms with van der Waals surface area (Å²) in [6, 6.07) is 9.10. The van der Waals surface area contributed by atoms with Crippen LogP contribution in [0.3, 0.4) is 0 Å². The summed E-state index contributed by atoms with van der Waals surface area (Å²) in [5, 5.41) is 3.46. The lowest BCUT2D eigenvalue weighted by Gasteiger charge is -2.23. The van der Waals surface area contributed by atoms with Gasteiger partial charge in [-0.05, 0) is 26.0 Å². The number of rotatable bonds is 7. The molecule has 1 aliphatic rings. The smallest absolute Gasteiger partial charge is 0.124 e. The van der Waals surface area contributed by atoms with E-state index in [-0.39, 0.29) is 6.04 Å². The molecule has 0 amide bonds. The number of nitrogens with one attached hydrogen (secondary N) is 3. The van der Waals surface area contributed by atoms with Crippen molar-refractivity contribution >= 4 is 0 Å². The van der Waals surface area contributed by atoms with Crippen molar-refractivity contribution in [2.75, 3.05) is 19.7 Å². The standard InChI is InChI=1S/C16H27N3O/c1-4-10-20-15-9-7-6-8-13(15)16-14(11-17-5-2)12(3)18-19-16/h6-9,12,14,16-19H,4-5,10-11H2,1-3H3. The summed E-state index contributed by atoms with van der Waals surface area (Å²) in [5.74, 6) is 1.52. The van der Waals surface area contributed by atoms with E-state index in [2.05, 4.69) is 55.1 Å². The van der Waals surface area contributed by atoms with Crippen molar-refractivity contribution in [1.82, 2.24) is 16.2 Å². The molecule has 4 heteroatoms. The topological polar surface area (TPSA) is 45.3 Å². The minimum Gasteiger partial charge on any atom is -0.493 e. The summed E-state index contributed by atoms with van der Waals surface area (Å²) in [6.07, 6.45) is 1.03. The molecule has 1 aromatic rings. The van der Waals surface area contributed by atoms with Gasteiger partial charge in [-0.25, -0.2) is 5.43 Å². The average molecular weight is 277 g/mol. The highest BCUT2D eigenvalue weighted by Crippen LogP contribution is 2.34. The summed E-state index contributed by atoms with van der Waals surface area (Å²) in [7, 11) is 0. The van der Waals surface area contributed by atoms with Crippen LogP contribution in [0, 0.1) is 5.92 Å². The second kappa shape index (κ2) is 7.62. The van der Waals surface area contributed by atoms with Crippen molar-refractivity contribution in [3.8, 4) is 5.75 Å². The van der Waals surface area contributed by atoms with Crippen molar-refractivity contribution in [1.29, 1.82) is 0 Å². The molecule has 1 aliphatic heterocycles. The van der Waals surface area contributed by atoms with E-state index in [0.29, 0.717) is 12.0 Å². The summed E-state index contributed by atoms with van der Waals surface area (Å²) in [6.45, 7) is 9.28. The van der Waals surface area contributed by atoms with Crippen LogP contribution in [-0.2, 0) is 0 Å². The van der Waals surface area contributed by atoms with Crippen molar-refractivity contribution in [2.45, 2.75) is 39.3 Å². The molecule has 3 atom stereocenters. The van der Waals surface area contributed by atoms with E-state index in [0.717, 1.165) is 31.9 Å². The Morgan fingerprint density at radius 2 is 2.00 bits per heavy atom. The van der Waals surface area contributed by atoms with Crippen LogP contribution >= 0.6 is 0 Å². The Balaban J connectivity index is 2.16. The van der Waals surface area contributed by atoms with E-state index in [1.54, 1.807) is 0 Å².